The van der Waals surface area contributed by atoms with Gasteiger partial charge < -0.3 is 4.42 Å². The lowest BCUT2D eigenvalue weighted by atomic mass is 10.2. The van der Waals surface area contributed by atoms with Crippen molar-refractivity contribution in [3.63, 3.8) is 0 Å². The Kier molecular flexibility index (Phi) is 5.04. The first-order valence-corrected chi connectivity index (χ1v) is 8.76. The van der Waals surface area contributed by atoms with Crippen LogP contribution < -0.4 is 5.32 Å². The molecule has 0 fully saturated rings. The number of thioether (sulfide) groups is 1. The van der Waals surface area contributed by atoms with Gasteiger partial charge in [0.2, 0.25) is 16.9 Å². The van der Waals surface area contributed by atoms with Gasteiger partial charge in [-0.2, -0.15) is 9.94 Å². The maximum absolute atomic E-state index is 12.2. The van der Waals surface area contributed by atoms with Crippen LogP contribution in [0.25, 0.3) is 5.69 Å². The first-order chi connectivity index (χ1) is 12.5. The van der Waals surface area contributed by atoms with Gasteiger partial charge >= 0.3 is 0 Å². The van der Waals surface area contributed by atoms with Crippen molar-refractivity contribution >= 4 is 23.6 Å². The largest absolute Gasteiger partial charge is 0.444 e. The summed E-state index contributed by atoms with van der Waals surface area (Å²) in [5.41, 5.74) is 3.00. The van der Waals surface area contributed by atoms with Crippen molar-refractivity contribution in [3.8, 4) is 11.8 Å². The number of carbonyl (C=O) groups excluding carboxylic acids is 1. The van der Waals surface area contributed by atoms with E-state index in [0.717, 1.165) is 16.8 Å². The van der Waals surface area contributed by atoms with Crippen LogP contribution in [0.5, 0.6) is 0 Å². The Morgan fingerprint density at radius 2 is 2.04 bits per heavy atom. The van der Waals surface area contributed by atoms with Crippen molar-refractivity contribution in [2.24, 2.45) is 0 Å². The highest BCUT2D eigenvalue weighted by Gasteiger charge is 2.17. The Hall–Kier alpha value is -3.12. The molecule has 0 aliphatic carbocycles. The van der Waals surface area contributed by atoms with Crippen molar-refractivity contribution < 1.29 is 9.21 Å². The van der Waals surface area contributed by atoms with E-state index in [2.05, 4.69) is 20.8 Å². The second-order valence-corrected chi connectivity index (χ2v) is 6.59. The molecule has 1 N–H and O–H groups in total. The highest BCUT2D eigenvalue weighted by molar-refractivity contribution is 7.99. The standard InChI is InChI=1S/C17H16N6O2S/c1-10-4-6-13(7-5-10)23-17(20-21-22-23)26-9-15(24)19-16-14(8-18)11(2)12(3)25-16/h4-7H,9H2,1-3H3,(H,19,24). The number of nitrogens with one attached hydrogen (secondary N) is 1. The number of benzene rings is 1. The molecule has 0 aliphatic rings. The van der Waals surface area contributed by atoms with Gasteiger partial charge in [-0.15, -0.1) is 5.10 Å². The Labute approximate surface area is 154 Å². The molecule has 1 aromatic carbocycles. The van der Waals surface area contributed by atoms with Gasteiger partial charge in [0.05, 0.1) is 11.4 Å². The smallest absolute Gasteiger partial charge is 0.237 e. The number of nitrogens with zero attached hydrogens (tertiary/aromatic N) is 5. The summed E-state index contributed by atoms with van der Waals surface area (Å²) in [4.78, 5) is 12.2. The highest BCUT2D eigenvalue weighted by Crippen LogP contribution is 2.26. The SMILES string of the molecule is Cc1ccc(-n2nnnc2SCC(=O)Nc2oc(C)c(C)c2C#N)cc1. The van der Waals surface area contributed by atoms with Crippen molar-refractivity contribution in [3.05, 3.63) is 46.7 Å². The topological polar surface area (TPSA) is 110 Å². The second kappa shape index (κ2) is 7.41. The van der Waals surface area contributed by atoms with Crippen molar-refractivity contribution in [1.82, 2.24) is 20.2 Å². The summed E-state index contributed by atoms with van der Waals surface area (Å²) in [6.45, 7) is 5.52. The van der Waals surface area contributed by atoms with Crippen LogP contribution in [-0.2, 0) is 4.79 Å². The molecule has 3 aromatic rings. The predicted octanol–water partition coefficient (Wildman–Crippen LogP) is 2.78. The Morgan fingerprint density at radius 3 is 2.73 bits per heavy atom. The third-order valence-electron chi connectivity index (χ3n) is 3.80. The second-order valence-electron chi connectivity index (χ2n) is 5.64. The lowest BCUT2D eigenvalue weighted by molar-refractivity contribution is -0.113. The van der Waals surface area contributed by atoms with Crippen LogP contribution in [0.4, 0.5) is 5.88 Å². The molecule has 0 aliphatic heterocycles. The summed E-state index contributed by atoms with van der Waals surface area (Å²) in [6.07, 6.45) is 0. The average molecular weight is 368 g/mol. The summed E-state index contributed by atoms with van der Waals surface area (Å²) >= 11 is 1.19. The van der Waals surface area contributed by atoms with E-state index in [1.54, 1.807) is 18.5 Å². The molecule has 26 heavy (non-hydrogen) atoms. The third kappa shape index (κ3) is 3.60. The van der Waals surface area contributed by atoms with Crippen LogP contribution in [0.1, 0.15) is 22.5 Å². The predicted molar refractivity (Wildman–Crippen MR) is 96.1 cm³/mol. The maximum atomic E-state index is 12.2. The zero-order valence-corrected chi connectivity index (χ0v) is 15.3. The number of anilines is 1. The molecular formula is C17H16N6O2S. The molecule has 9 heteroatoms. The minimum absolute atomic E-state index is 0.0793. The zero-order valence-electron chi connectivity index (χ0n) is 14.5. The summed E-state index contributed by atoms with van der Waals surface area (Å²) in [6, 6.07) is 9.78. The molecule has 0 bridgehead atoms. The summed E-state index contributed by atoms with van der Waals surface area (Å²) in [5.74, 6) is 0.549. The maximum Gasteiger partial charge on any atom is 0.237 e. The van der Waals surface area contributed by atoms with Gasteiger partial charge in [0.15, 0.2) is 0 Å². The number of aromatic nitrogens is 4. The van der Waals surface area contributed by atoms with Crippen molar-refractivity contribution in [2.45, 2.75) is 25.9 Å². The van der Waals surface area contributed by atoms with Gasteiger partial charge in [-0.3, -0.25) is 10.1 Å². The molecule has 0 spiro atoms. The molecular weight excluding hydrogens is 352 g/mol. The molecule has 8 nitrogen and oxygen atoms in total. The van der Waals surface area contributed by atoms with Crippen molar-refractivity contribution in [1.29, 1.82) is 5.26 Å². The number of furan rings is 1. The van der Waals surface area contributed by atoms with Gasteiger partial charge in [0.25, 0.3) is 0 Å². The van der Waals surface area contributed by atoms with E-state index in [-0.39, 0.29) is 17.5 Å². The Morgan fingerprint density at radius 1 is 1.31 bits per heavy atom. The van der Waals surface area contributed by atoms with E-state index in [0.29, 0.717) is 16.5 Å². The van der Waals surface area contributed by atoms with Crippen LogP contribution >= 0.6 is 11.8 Å². The van der Waals surface area contributed by atoms with Crippen LogP contribution in [0.2, 0.25) is 0 Å². The molecule has 3 rings (SSSR count). The van der Waals surface area contributed by atoms with Crippen LogP contribution in [-0.4, -0.2) is 31.9 Å². The molecule has 0 saturated carbocycles. The normalized spacial score (nSPS) is 10.5. The molecule has 2 heterocycles. The molecule has 132 valence electrons. The van der Waals surface area contributed by atoms with Crippen LogP contribution in [0.3, 0.4) is 0 Å². The molecule has 0 radical (unpaired) electrons. The number of amides is 1. The van der Waals surface area contributed by atoms with Crippen molar-refractivity contribution in [2.75, 3.05) is 11.1 Å². The summed E-state index contributed by atoms with van der Waals surface area (Å²) in [7, 11) is 0. The fraction of sp³-hybridized carbons (Fsp3) is 0.235. The average Bonchev–Trinajstić information content (AvgIpc) is 3.19. The number of aryl methyl sites for hydroxylation is 2. The van der Waals surface area contributed by atoms with E-state index in [4.69, 9.17) is 4.42 Å². The van der Waals surface area contributed by atoms with E-state index in [1.807, 2.05) is 37.3 Å². The minimum Gasteiger partial charge on any atom is -0.444 e. The quantitative estimate of drug-likeness (QED) is 0.690. The Balaban J connectivity index is 1.68. The van der Waals surface area contributed by atoms with Crippen LogP contribution in [0.15, 0.2) is 33.8 Å². The number of nitriles is 1. The van der Waals surface area contributed by atoms with Gasteiger partial charge in [0.1, 0.15) is 17.4 Å². The van der Waals surface area contributed by atoms with Gasteiger partial charge in [-0.25, -0.2) is 0 Å². The number of tetrazole rings is 1. The first-order valence-electron chi connectivity index (χ1n) is 7.77. The zero-order chi connectivity index (χ0) is 18.7. The summed E-state index contributed by atoms with van der Waals surface area (Å²) < 4.78 is 7.01. The fourth-order valence-electron chi connectivity index (χ4n) is 2.26. The van der Waals surface area contributed by atoms with Crippen LogP contribution in [0, 0.1) is 32.1 Å². The monoisotopic (exact) mass is 368 g/mol. The van der Waals surface area contributed by atoms with Gasteiger partial charge in [-0.1, -0.05) is 29.5 Å². The number of hydrogen-bond acceptors (Lipinski definition) is 7. The van der Waals surface area contributed by atoms with Gasteiger partial charge in [-0.05, 0) is 43.3 Å². The number of hydrogen-bond donors (Lipinski definition) is 1. The summed E-state index contributed by atoms with van der Waals surface area (Å²) in [5, 5.41) is 23.9. The molecule has 0 saturated heterocycles. The molecule has 2 aromatic heterocycles. The van der Waals surface area contributed by atoms with E-state index in [9.17, 15) is 10.1 Å². The number of rotatable bonds is 5. The third-order valence-corrected chi connectivity index (χ3v) is 4.72. The van der Waals surface area contributed by atoms with Gasteiger partial charge in [0, 0.05) is 5.56 Å². The molecule has 1 amide bonds. The first kappa shape index (κ1) is 17.7. The minimum atomic E-state index is -0.307. The van der Waals surface area contributed by atoms with E-state index >= 15 is 0 Å². The molecule has 0 atom stereocenters. The Bertz CT molecular complexity index is 984. The molecule has 0 unspecified atom stereocenters. The number of carbonyl (C=O) groups is 1. The van der Waals surface area contributed by atoms with E-state index in [1.165, 1.54) is 11.8 Å². The lowest BCUT2D eigenvalue weighted by Crippen LogP contribution is -2.15. The highest BCUT2D eigenvalue weighted by atomic mass is 32.2. The lowest BCUT2D eigenvalue weighted by Gasteiger charge is -2.05. The fourth-order valence-corrected chi connectivity index (χ4v) is 2.95. The van der Waals surface area contributed by atoms with E-state index < -0.39 is 0 Å².